The van der Waals surface area contributed by atoms with E-state index in [1.165, 1.54) is 23.3 Å². The number of hydrogen-bond donors (Lipinski definition) is 0. The predicted octanol–water partition coefficient (Wildman–Crippen LogP) is 5.18. The van der Waals surface area contributed by atoms with Gasteiger partial charge in [0.15, 0.2) is 0 Å². The molecule has 5 rings (SSSR count). The molecule has 1 saturated heterocycles. The molecule has 0 N–H and O–H groups in total. The van der Waals surface area contributed by atoms with Crippen molar-refractivity contribution >= 4 is 17.3 Å². The normalized spacial score (nSPS) is 16.6. The number of piperazine rings is 1. The number of anilines is 2. The summed E-state index contributed by atoms with van der Waals surface area (Å²) < 4.78 is 19.0. The lowest BCUT2D eigenvalue weighted by atomic mass is 9.95. The van der Waals surface area contributed by atoms with Gasteiger partial charge in [0.1, 0.15) is 11.6 Å². The van der Waals surface area contributed by atoms with Crippen LogP contribution in [0.5, 0.6) is 5.75 Å². The molecule has 1 amide bonds. The van der Waals surface area contributed by atoms with Crippen LogP contribution in [0.25, 0.3) is 0 Å². The second-order valence-corrected chi connectivity index (χ2v) is 9.65. The van der Waals surface area contributed by atoms with E-state index >= 15 is 0 Å². The van der Waals surface area contributed by atoms with E-state index in [0.717, 1.165) is 50.4 Å². The Bertz CT molecular complexity index is 1330. The second kappa shape index (κ2) is 10.6. The van der Waals surface area contributed by atoms with Gasteiger partial charge in [-0.1, -0.05) is 12.1 Å². The summed E-state index contributed by atoms with van der Waals surface area (Å²) >= 11 is 0. The molecule has 1 unspecified atom stereocenters. The molecule has 2 heterocycles. The van der Waals surface area contributed by atoms with E-state index in [4.69, 9.17) is 10.00 Å². The minimum absolute atomic E-state index is 0.0291. The summed E-state index contributed by atoms with van der Waals surface area (Å²) in [6, 6.07) is 20.4. The minimum Gasteiger partial charge on any atom is -0.494 e. The Kier molecular flexibility index (Phi) is 7.11. The number of hydrogen-bond acceptors (Lipinski definition) is 5. The fourth-order valence-corrected chi connectivity index (χ4v) is 5.40. The lowest BCUT2D eigenvalue weighted by Gasteiger charge is -2.40. The first-order valence-corrected chi connectivity index (χ1v) is 12.8. The molecule has 0 radical (unpaired) electrons. The van der Waals surface area contributed by atoms with Gasteiger partial charge < -0.3 is 14.5 Å². The summed E-state index contributed by atoms with van der Waals surface area (Å²) in [6.07, 6.45) is 1.87. The molecular weight excluding hydrogens is 467 g/mol. The Morgan fingerprint density at radius 3 is 2.41 bits per heavy atom. The number of methoxy groups -OCH3 is 1. The number of aryl methyl sites for hydroxylation is 1. The van der Waals surface area contributed by atoms with Crippen molar-refractivity contribution in [3.63, 3.8) is 0 Å². The number of ether oxygens (including phenoxy) is 1. The SMILES string of the molecule is COc1cc(F)ccc1N1CCN(C(C)c2ccc3c(c2)CCCN3C(=O)c2ccc(C#N)cc2)CC1. The molecule has 190 valence electrons. The monoisotopic (exact) mass is 498 g/mol. The number of nitriles is 1. The van der Waals surface area contributed by atoms with Gasteiger partial charge in [-0.3, -0.25) is 9.69 Å². The Hall–Kier alpha value is -3.89. The van der Waals surface area contributed by atoms with Crippen LogP contribution in [-0.2, 0) is 6.42 Å². The number of benzene rings is 3. The molecule has 7 heteroatoms. The van der Waals surface area contributed by atoms with Crippen molar-refractivity contribution in [3.8, 4) is 11.8 Å². The van der Waals surface area contributed by atoms with E-state index in [1.807, 2.05) is 4.90 Å². The maximum Gasteiger partial charge on any atom is 0.258 e. The quantitative estimate of drug-likeness (QED) is 0.485. The molecule has 37 heavy (non-hydrogen) atoms. The van der Waals surface area contributed by atoms with Gasteiger partial charge in [0.25, 0.3) is 5.91 Å². The molecule has 2 aliphatic heterocycles. The largest absolute Gasteiger partial charge is 0.494 e. The third kappa shape index (κ3) is 5.03. The van der Waals surface area contributed by atoms with Crippen LogP contribution in [-0.4, -0.2) is 50.6 Å². The van der Waals surface area contributed by atoms with Gasteiger partial charge in [-0.15, -0.1) is 0 Å². The van der Waals surface area contributed by atoms with Crippen LogP contribution in [0.1, 0.15) is 46.4 Å². The van der Waals surface area contributed by atoms with Gasteiger partial charge in [0.2, 0.25) is 0 Å². The Morgan fingerprint density at radius 2 is 1.70 bits per heavy atom. The van der Waals surface area contributed by atoms with Crippen LogP contribution >= 0.6 is 0 Å². The average Bonchev–Trinajstić information content (AvgIpc) is 2.96. The summed E-state index contributed by atoms with van der Waals surface area (Å²) in [5.74, 6) is 0.243. The third-order valence-electron chi connectivity index (χ3n) is 7.56. The molecule has 0 spiro atoms. The highest BCUT2D eigenvalue weighted by molar-refractivity contribution is 6.06. The van der Waals surface area contributed by atoms with E-state index in [-0.39, 0.29) is 17.8 Å². The lowest BCUT2D eigenvalue weighted by molar-refractivity contribution is 0.0985. The van der Waals surface area contributed by atoms with Gasteiger partial charge in [-0.05, 0) is 73.4 Å². The molecule has 3 aromatic rings. The van der Waals surface area contributed by atoms with Crippen molar-refractivity contribution in [3.05, 3.63) is 88.7 Å². The van der Waals surface area contributed by atoms with Gasteiger partial charge in [0.05, 0.1) is 24.4 Å². The Labute approximate surface area is 217 Å². The molecule has 0 aliphatic carbocycles. The second-order valence-electron chi connectivity index (χ2n) is 9.65. The number of amides is 1. The van der Waals surface area contributed by atoms with Gasteiger partial charge in [-0.2, -0.15) is 5.26 Å². The summed E-state index contributed by atoms with van der Waals surface area (Å²) in [4.78, 5) is 19.8. The first-order valence-electron chi connectivity index (χ1n) is 12.8. The minimum atomic E-state index is -0.294. The standard InChI is InChI=1S/C30H31FN4O2/c1-21(33-14-16-34(17-15-33)28-12-10-26(31)19-29(28)37-2)24-9-11-27-25(18-24)4-3-13-35(27)30(36)23-7-5-22(20-32)6-8-23/h5-12,18-19,21H,3-4,13-17H2,1-2H3. The van der Waals surface area contributed by atoms with Crippen molar-refractivity contribution in [2.45, 2.75) is 25.8 Å². The van der Waals surface area contributed by atoms with Gasteiger partial charge in [0, 0.05) is 56.1 Å². The fraction of sp³-hybridized carbons (Fsp3) is 0.333. The molecular formula is C30H31FN4O2. The number of fused-ring (bicyclic) bond motifs is 1. The van der Waals surface area contributed by atoms with E-state index in [9.17, 15) is 9.18 Å². The van der Waals surface area contributed by atoms with Crippen molar-refractivity contribution in [1.29, 1.82) is 5.26 Å². The number of rotatable bonds is 5. The molecule has 3 aromatic carbocycles. The summed E-state index contributed by atoms with van der Waals surface area (Å²) in [6.45, 7) is 6.38. The number of halogens is 1. The molecule has 1 fully saturated rings. The van der Waals surface area contributed by atoms with E-state index in [0.29, 0.717) is 23.4 Å². The average molecular weight is 499 g/mol. The third-order valence-corrected chi connectivity index (χ3v) is 7.56. The highest BCUT2D eigenvalue weighted by Gasteiger charge is 2.27. The molecule has 2 aliphatic rings. The molecule has 1 atom stereocenters. The summed E-state index contributed by atoms with van der Waals surface area (Å²) in [5, 5.41) is 9.04. The van der Waals surface area contributed by atoms with E-state index in [2.05, 4.69) is 41.0 Å². The van der Waals surface area contributed by atoms with Crippen LogP contribution in [0.2, 0.25) is 0 Å². The van der Waals surface area contributed by atoms with Crippen molar-refractivity contribution in [2.24, 2.45) is 0 Å². The number of nitrogens with zero attached hydrogens (tertiary/aromatic N) is 4. The first-order chi connectivity index (χ1) is 18.0. The fourth-order valence-electron chi connectivity index (χ4n) is 5.40. The maximum atomic E-state index is 13.6. The van der Waals surface area contributed by atoms with Crippen molar-refractivity contribution in [2.75, 3.05) is 49.6 Å². The van der Waals surface area contributed by atoms with E-state index in [1.54, 1.807) is 37.4 Å². The van der Waals surface area contributed by atoms with Gasteiger partial charge in [-0.25, -0.2) is 4.39 Å². The lowest BCUT2D eigenvalue weighted by Crippen LogP contribution is -2.47. The molecule has 0 bridgehead atoms. The molecule has 0 aromatic heterocycles. The zero-order chi connectivity index (χ0) is 25.9. The van der Waals surface area contributed by atoms with Crippen molar-refractivity contribution < 1.29 is 13.9 Å². The highest BCUT2D eigenvalue weighted by Crippen LogP contribution is 2.34. The van der Waals surface area contributed by atoms with Crippen LogP contribution < -0.4 is 14.5 Å². The molecule has 6 nitrogen and oxygen atoms in total. The number of carbonyl (C=O) groups excluding carboxylic acids is 1. The predicted molar refractivity (Wildman–Crippen MR) is 143 cm³/mol. The Balaban J connectivity index is 1.28. The zero-order valence-corrected chi connectivity index (χ0v) is 21.3. The molecule has 0 saturated carbocycles. The zero-order valence-electron chi connectivity index (χ0n) is 21.3. The highest BCUT2D eigenvalue weighted by atomic mass is 19.1. The topological polar surface area (TPSA) is 59.8 Å². The van der Waals surface area contributed by atoms with Gasteiger partial charge >= 0.3 is 0 Å². The smallest absolute Gasteiger partial charge is 0.258 e. The van der Waals surface area contributed by atoms with E-state index < -0.39 is 0 Å². The van der Waals surface area contributed by atoms with Crippen LogP contribution in [0.15, 0.2) is 60.7 Å². The van der Waals surface area contributed by atoms with Crippen LogP contribution in [0, 0.1) is 17.1 Å². The first kappa shape index (κ1) is 24.8. The maximum absolute atomic E-state index is 13.6. The summed E-state index contributed by atoms with van der Waals surface area (Å²) in [5.41, 5.74) is 5.50. The Morgan fingerprint density at radius 1 is 0.973 bits per heavy atom. The summed E-state index contributed by atoms with van der Waals surface area (Å²) in [7, 11) is 1.58. The number of carbonyl (C=O) groups is 1. The van der Waals surface area contributed by atoms with Crippen LogP contribution in [0.3, 0.4) is 0 Å². The van der Waals surface area contributed by atoms with Crippen molar-refractivity contribution in [1.82, 2.24) is 4.90 Å². The van der Waals surface area contributed by atoms with Crippen LogP contribution in [0.4, 0.5) is 15.8 Å².